The molecule has 1 aliphatic heterocycles. The Morgan fingerprint density at radius 1 is 1.32 bits per heavy atom. The van der Waals surface area contributed by atoms with Crippen molar-refractivity contribution in [3.63, 3.8) is 0 Å². The van der Waals surface area contributed by atoms with Crippen molar-refractivity contribution in [3.05, 3.63) is 55.4 Å². The lowest BCUT2D eigenvalue weighted by molar-refractivity contribution is 0.0731. The Kier molecular flexibility index (Phi) is 5.01. The first kappa shape index (κ1) is 17.8. The quantitative estimate of drug-likeness (QED) is 0.857. The number of carbonyl (C=O) groups is 1. The van der Waals surface area contributed by atoms with E-state index in [0.29, 0.717) is 45.8 Å². The molecule has 1 amide bonds. The molecule has 2 heterocycles. The molecule has 0 bridgehead atoms. The van der Waals surface area contributed by atoms with Crippen LogP contribution in [0.2, 0.25) is 10.0 Å². The van der Waals surface area contributed by atoms with Crippen LogP contribution in [-0.4, -0.2) is 33.4 Å². The molecular formula is C17H18Cl2N4O2. The first-order valence-electron chi connectivity index (χ1n) is 7.98. The number of fused-ring (bicyclic) bond motifs is 1. The number of anilines is 1. The lowest BCUT2D eigenvalue weighted by Gasteiger charge is -2.28. The normalized spacial score (nSPS) is 13.7. The number of hydrogen-bond acceptors (Lipinski definition) is 4. The largest absolute Gasteiger partial charge is 0.354 e. The molecule has 0 fully saturated rings. The predicted octanol–water partition coefficient (Wildman–Crippen LogP) is 3.10. The molecule has 132 valence electrons. The molecule has 0 aliphatic carbocycles. The number of halogens is 2. The van der Waals surface area contributed by atoms with Gasteiger partial charge in [0, 0.05) is 23.7 Å². The van der Waals surface area contributed by atoms with E-state index in [1.807, 2.05) is 13.8 Å². The van der Waals surface area contributed by atoms with Gasteiger partial charge >= 0.3 is 0 Å². The Hall–Kier alpha value is -2.05. The average molecular weight is 381 g/mol. The highest BCUT2D eigenvalue weighted by molar-refractivity contribution is 6.42. The van der Waals surface area contributed by atoms with E-state index in [1.165, 1.54) is 0 Å². The van der Waals surface area contributed by atoms with Gasteiger partial charge in [-0.15, -0.1) is 0 Å². The Bertz CT molecular complexity index is 879. The molecule has 0 atom stereocenters. The lowest BCUT2D eigenvalue weighted by atomic mass is 10.1. The van der Waals surface area contributed by atoms with Crippen LogP contribution in [0.25, 0.3) is 0 Å². The zero-order valence-electron chi connectivity index (χ0n) is 13.9. The summed E-state index contributed by atoms with van der Waals surface area (Å²) >= 11 is 11.9. The van der Waals surface area contributed by atoms with Gasteiger partial charge < -0.3 is 10.2 Å². The van der Waals surface area contributed by atoms with E-state index >= 15 is 0 Å². The number of carbonyl (C=O) groups excluding carboxylic acids is 1. The summed E-state index contributed by atoms with van der Waals surface area (Å²) in [4.78, 5) is 33.8. The highest BCUT2D eigenvalue weighted by Gasteiger charge is 2.25. The molecule has 0 spiro atoms. The summed E-state index contributed by atoms with van der Waals surface area (Å²) in [6.45, 7) is 4.65. The molecule has 0 saturated carbocycles. The second kappa shape index (κ2) is 7.06. The summed E-state index contributed by atoms with van der Waals surface area (Å²) in [6.07, 6.45) is 0.465. The van der Waals surface area contributed by atoms with Gasteiger partial charge in [0.25, 0.3) is 11.5 Å². The van der Waals surface area contributed by atoms with Crippen LogP contribution in [0.1, 0.15) is 35.5 Å². The highest BCUT2D eigenvalue weighted by Crippen LogP contribution is 2.24. The average Bonchev–Trinajstić information content (AvgIpc) is 2.55. The van der Waals surface area contributed by atoms with E-state index in [1.54, 1.807) is 23.1 Å². The van der Waals surface area contributed by atoms with Gasteiger partial charge in [0.15, 0.2) is 0 Å². The number of nitrogens with zero attached hydrogens (tertiary/aromatic N) is 2. The summed E-state index contributed by atoms with van der Waals surface area (Å²) < 4.78 is 0. The molecule has 1 aliphatic rings. The van der Waals surface area contributed by atoms with Gasteiger partial charge in [0.2, 0.25) is 5.95 Å². The number of hydrogen-bond donors (Lipinski definition) is 2. The third-order valence-corrected chi connectivity index (χ3v) is 4.69. The molecule has 3 rings (SSSR count). The van der Waals surface area contributed by atoms with Crippen molar-refractivity contribution in [1.82, 2.24) is 14.9 Å². The predicted molar refractivity (Wildman–Crippen MR) is 98.5 cm³/mol. The topological polar surface area (TPSA) is 78.1 Å². The summed E-state index contributed by atoms with van der Waals surface area (Å²) in [5, 5.41) is 3.82. The summed E-state index contributed by atoms with van der Waals surface area (Å²) in [5.41, 5.74) is 1.55. The number of H-pyrrole nitrogens is 1. The van der Waals surface area contributed by atoms with Gasteiger partial charge in [-0.25, -0.2) is 4.98 Å². The van der Waals surface area contributed by atoms with Crippen LogP contribution in [0, 0.1) is 0 Å². The van der Waals surface area contributed by atoms with Crippen LogP contribution in [0.15, 0.2) is 23.0 Å². The smallest absolute Gasteiger partial charge is 0.255 e. The van der Waals surface area contributed by atoms with Gasteiger partial charge in [0.05, 0.1) is 22.3 Å². The second-order valence-corrected chi connectivity index (χ2v) is 7.06. The maximum Gasteiger partial charge on any atom is 0.255 e. The van der Waals surface area contributed by atoms with E-state index in [0.717, 1.165) is 0 Å². The highest BCUT2D eigenvalue weighted by atomic mass is 35.5. The number of benzene rings is 1. The van der Waals surface area contributed by atoms with Crippen LogP contribution in [0.4, 0.5) is 5.95 Å². The van der Waals surface area contributed by atoms with Gasteiger partial charge in [-0.3, -0.25) is 14.6 Å². The monoisotopic (exact) mass is 380 g/mol. The maximum atomic E-state index is 12.7. The molecule has 8 heteroatoms. The fraction of sp³-hybridized carbons (Fsp3) is 0.353. The van der Waals surface area contributed by atoms with Crippen molar-refractivity contribution in [2.24, 2.45) is 0 Å². The number of aromatic amines is 1. The zero-order valence-corrected chi connectivity index (χ0v) is 15.4. The minimum Gasteiger partial charge on any atom is -0.354 e. The van der Waals surface area contributed by atoms with Gasteiger partial charge in [-0.05, 0) is 38.5 Å². The molecule has 6 nitrogen and oxygen atoms in total. The lowest BCUT2D eigenvalue weighted by Crippen LogP contribution is -2.39. The van der Waals surface area contributed by atoms with Crippen molar-refractivity contribution in [2.75, 3.05) is 11.9 Å². The van der Waals surface area contributed by atoms with Crippen molar-refractivity contribution in [2.45, 2.75) is 32.9 Å². The Morgan fingerprint density at radius 2 is 2.08 bits per heavy atom. The van der Waals surface area contributed by atoms with Gasteiger partial charge in [-0.2, -0.15) is 0 Å². The third kappa shape index (κ3) is 3.80. The Morgan fingerprint density at radius 3 is 2.76 bits per heavy atom. The molecule has 0 saturated heterocycles. The molecule has 2 aromatic rings. The van der Waals surface area contributed by atoms with E-state index in [4.69, 9.17) is 23.2 Å². The Balaban J connectivity index is 1.86. The second-order valence-electron chi connectivity index (χ2n) is 6.24. The fourth-order valence-corrected chi connectivity index (χ4v) is 3.06. The molecule has 0 radical (unpaired) electrons. The van der Waals surface area contributed by atoms with Crippen LogP contribution < -0.4 is 10.9 Å². The molecule has 1 aromatic heterocycles. The number of amides is 1. The van der Waals surface area contributed by atoms with E-state index in [9.17, 15) is 9.59 Å². The minimum absolute atomic E-state index is 0.138. The molecular weight excluding hydrogens is 363 g/mol. The fourth-order valence-electron chi connectivity index (χ4n) is 2.77. The maximum absolute atomic E-state index is 12.7. The Labute approximate surface area is 155 Å². The standard InChI is InChI=1S/C17H18Cl2N4O2/c1-9(2)20-17-21-14-8-23(6-5-11(14)15(24)22-17)16(25)10-3-4-12(18)13(19)7-10/h3-4,7,9H,5-6,8H2,1-2H3,(H2,20,21,22,24). The molecule has 25 heavy (non-hydrogen) atoms. The summed E-state index contributed by atoms with van der Waals surface area (Å²) in [7, 11) is 0. The summed E-state index contributed by atoms with van der Waals surface area (Å²) in [6, 6.07) is 4.93. The van der Waals surface area contributed by atoms with Crippen molar-refractivity contribution in [3.8, 4) is 0 Å². The van der Waals surface area contributed by atoms with Crippen LogP contribution >= 0.6 is 23.2 Å². The zero-order chi connectivity index (χ0) is 18.1. The first-order valence-corrected chi connectivity index (χ1v) is 8.73. The molecule has 2 N–H and O–H groups in total. The molecule has 1 aromatic carbocycles. The number of nitrogens with one attached hydrogen (secondary N) is 2. The van der Waals surface area contributed by atoms with E-state index in [2.05, 4.69) is 15.3 Å². The van der Waals surface area contributed by atoms with E-state index < -0.39 is 0 Å². The SMILES string of the molecule is CC(C)Nc1nc2c(c(=O)[nH]1)CCN(C(=O)c1ccc(Cl)c(Cl)c1)C2. The van der Waals surface area contributed by atoms with Gasteiger partial charge in [-0.1, -0.05) is 23.2 Å². The van der Waals surface area contributed by atoms with Gasteiger partial charge in [0.1, 0.15) is 0 Å². The number of rotatable bonds is 3. The summed E-state index contributed by atoms with van der Waals surface area (Å²) in [5.74, 6) is 0.257. The third-order valence-electron chi connectivity index (χ3n) is 3.95. The van der Waals surface area contributed by atoms with Crippen molar-refractivity contribution < 1.29 is 4.79 Å². The van der Waals surface area contributed by atoms with Crippen LogP contribution in [0.5, 0.6) is 0 Å². The van der Waals surface area contributed by atoms with Crippen LogP contribution in [0.3, 0.4) is 0 Å². The van der Waals surface area contributed by atoms with Crippen molar-refractivity contribution >= 4 is 35.1 Å². The minimum atomic E-state index is -0.162. The first-order chi connectivity index (χ1) is 11.8. The van der Waals surface area contributed by atoms with Crippen LogP contribution in [-0.2, 0) is 13.0 Å². The molecule has 0 unspecified atom stereocenters. The van der Waals surface area contributed by atoms with E-state index in [-0.39, 0.29) is 24.1 Å². The number of aromatic nitrogens is 2. The van der Waals surface area contributed by atoms with Crippen molar-refractivity contribution in [1.29, 1.82) is 0 Å².